The number of nitrogens with one attached hydrogen (secondary N) is 1. The Balaban J connectivity index is 1.78. The highest BCUT2D eigenvalue weighted by Crippen LogP contribution is 2.31. The first-order valence-electron chi connectivity index (χ1n) is 9.32. The van der Waals surface area contributed by atoms with Gasteiger partial charge in [-0.3, -0.25) is 4.79 Å². The first-order chi connectivity index (χ1) is 15.3. The first kappa shape index (κ1) is 25.0. The normalized spacial score (nSPS) is 11.1. The Morgan fingerprint density at radius 1 is 1.16 bits per heavy atom. The molecule has 4 nitrogen and oxygen atoms in total. The molecule has 32 heavy (non-hydrogen) atoms. The number of amides is 1. The highest BCUT2D eigenvalue weighted by molar-refractivity contribution is 14.1. The zero-order chi connectivity index (χ0) is 23.3. The highest BCUT2D eigenvalue weighted by atomic mass is 127. The largest absolute Gasteiger partial charge is 0.487 e. The minimum atomic E-state index is -0.488. The van der Waals surface area contributed by atoms with Crippen molar-refractivity contribution in [2.24, 2.45) is 0 Å². The standard InChI is InChI=1S/C24H16BrClI2N2O2/c1-14-2-7-19(26)11-22(14)30-24(31)17(12-29)8-16-9-20(27)23(21(28)10-16)32-13-15-3-5-18(25)6-4-15/h2-11H,13H2,1H3,(H,30,31)/b17-8+. The summed E-state index contributed by atoms with van der Waals surface area (Å²) in [7, 11) is 0. The van der Waals surface area contributed by atoms with Crippen LogP contribution < -0.4 is 10.1 Å². The molecule has 3 rings (SSSR count). The molecule has 0 atom stereocenters. The molecule has 0 aliphatic carbocycles. The molecule has 8 heteroatoms. The number of nitrogens with zero attached hydrogens (tertiary/aromatic N) is 1. The summed E-state index contributed by atoms with van der Waals surface area (Å²) in [6.07, 6.45) is 1.57. The number of anilines is 1. The zero-order valence-corrected chi connectivity index (χ0v) is 23.4. The molecule has 0 saturated carbocycles. The summed E-state index contributed by atoms with van der Waals surface area (Å²) in [5.41, 5.74) is 3.23. The lowest BCUT2D eigenvalue weighted by atomic mass is 10.1. The molecule has 1 amide bonds. The maximum atomic E-state index is 12.7. The van der Waals surface area contributed by atoms with Gasteiger partial charge in [0, 0.05) is 15.2 Å². The summed E-state index contributed by atoms with van der Waals surface area (Å²) in [4.78, 5) is 12.7. The molecule has 0 radical (unpaired) electrons. The fraction of sp³-hybridized carbons (Fsp3) is 0.0833. The highest BCUT2D eigenvalue weighted by Gasteiger charge is 2.14. The van der Waals surface area contributed by atoms with Crippen LogP contribution in [0.5, 0.6) is 5.75 Å². The molecular weight excluding hydrogens is 717 g/mol. The summed E-state index contributed by atoms with van der Waals surface area (Å²) in [5.74, 6) is 0.280. The van der Waals surface area contributed by atoms with E-state index in [4.69, 9.17) is 16.3 Å². The van der Waals surface area contributed by atoms with Crippen molar-refractivity contribution >= 4 is 90.4 Å². The van der Waals surface area contributed by atoms with Crippen LogP contribution in [0.25, 0.3) is 6.08 Å². The molecule has 0 aromatic heterocycles. The summed E-state index contributed by atoms with van der Waals surface area (Å²) in [6, 6.07) is 18.9. The number of benzene rings is 3. The van der Waals surface area contributed by atoms with Gasteiger partial charge in [-0.2, -0.15) is 5.26 Å². The van der Waals surface area contributed by atoms with E-state index >= 15 is 0 Å². The number of hydrogen-bond acceptors (Lipinski definition) is 3. The summed E-state index contributed by atoms with van der Waals surface area (Å²) < 4.78 is 8.82. The number of halogens is 4. The second-order valence-electron chi connectivity index (χ2n) is 6.81. The predicted octanol–water partition coefficient (Wildman–Crippen LogP) is 7.74. The Morgan fingerprint density at radius 3 is 2.44 bits per heavy atom. The average Bonchev–Trinajstić information content (AvgIpc) is 2.75. The third-order valence-corrected chi connectivity index (χ3v) is 6.81. The Hall–Kier alpha value is -1.61. The molecule has 1 N–H and O–H groups in total. The average molecular weight is 734 g/mol. The van der Waals surface area contributed by atoms with Gasteiger partial charge in [0.2, 0.25) is 0 Å². The van der Waals surface area contributed by atoms with Gasteiger partial charge in [0.25, 0.3) is 5.91 Å². The number of hydrogen-bond donors (Lipinski definition) is 1. The maximum absolute atomic E-state index is 12.7. The Labute approximate surface area is 227 Å². The number of aryl methyl sites for hydroxylation is 1. The summed E-state index contributed by atoms with van der Waals surface area (Å²) >= 11 is 13.8. The van der Waals surface area contributed by atoms with Gasteiger partial charge in [0.1, 0.15) is 24.0 Å². The minimum absolute atomic E-state index is 0.000457. The van der Waals surface area contributed by atoms with E-state index in [0.717, 1.165) is 34.1 Å². The first-order valence-corrected chi connectivity index (χ1v) is 12.6. The smallest absolute Gasteiger partial charge is 0.266 e. The van der Waals surface area contributed by atoms with Gasteiger partial charge in [0.15, 0.2) is 0 Å². The van der Waals surface area contributed by atoms with Gasteiger partial charge in [-0.25, -0.2) is 0 Å². The van der Waals surface area contributed by atoms with Crippen molar-refractivity contribution in [3.05, 3.63) is 93.5 Å². The van der Waals surface area contributed by atoms with Crippen molar-refractivity contribution in [3.8, 4) is 11.8 Å². The zero-order valence-electron chi connectivity index (χ0n) is 16.8. The molecule has 0 aliphatic heterocycles. The second-order valence-corrected chi connectivity index (χ2v) is 10.5. The van der Waals surface area contributed by atoms with E-state index < -0.39 is 5.91 Å². The van der Waals surface area contributed by atoms with Crippen LogP contribution in [0.1, 0.15) is 16.7 Å². The lowest BCUT2D eigenvalue weighted by Crippen LogP contribution is -2.14. The third-order valence-electron chi connectivity index (χ3n) is 4.44. The van der Waals surface area contributed by atoms with Crippen LogP contribution in [0.2, 0.25) is 5.02 Å². The lowest BCUT2D eigenvalue weighted by molar-refractivity contribution is -0.112. The van der Waals surface area contributed by atoms with Gasteiger partial charge in [-0.15, -0.1) is 0 Å². The predicted molar refractivity (Wildman–Crippen MR) is 149 cm³/mol. The lowest BCUT2D eigenvalue weighted by Gasteiger charge is -2.12. The topological polar surface area (TPSA) is 62.1 Å². The number of nitriles is 1. The summed E-state index contributed by atoms with van der Waals surface area (Å²) in [6.45, 7) is 2.30. The van der Waals surface area contributed by atoms with Crippen LogP contribution >= 0.6 is 72.7 Å². The second kappa shape index (κ2) is 11.5. The number of carbonyl (C=O) groups excluding carboxylic acids is 1. The number of ether oxygens (including phenoxy) is 1. The molecule has 0 aliphatic rings. The van der Waals surface area contributed by atoms with E-state index in [-0.39, 0.29) is 5.57 Å². The van der Waals surface area contributed by atoms with Crippen molar-refractivity contribution in [3.63, 3.8) is 0 Å². The van der Waals surface area contributed by atoms with Gasteiger partial charge in [0.05, 0.1) is 7.14 Å². The van der Waals surface area contributed by atoms with Crippen LogP contribution in [0.3, 0.4) is 0 Å². The van der Waals surface area contributed by atoms with E-state index in [1.165, 1.54) is 0 Å². The molecule has 0 heterocycles. The summed E-state index contributed by atoms with van der Waals surface area (Å²) in [5, 5.41) is 12.8. The Morgan fingerprint density at radius 2 is 1.81 bits per heavy atom. The van der Waals surface area contributed by atoms with Crippen LogP contribution in [0.15, 0.2) is 64.6 Å². The molecule has 0 saturated heterocycles. The molecule has 0 unspecified atom stereocenters. The maximum Gasteiger partial charge on any atom is 0.266 e. The third kappa shape index (κ3) is 6.70. The Bertz CT molecular complexity index is 1210. The Kier molecular flexibility index (Phi) is 8.99. The number of carbonyl (C=O) groups is 1. The van der Waals surface area contributed by atoms with Crippen LogP contribution in [0.4, 0.5) is 5.69 Å². The van der Waals surface area contributed by atoms with E-state index in [1.54, 1.807) is 18.2 Å². The van der Waals surface area contributed by atoms with Crippen molar-refractivity contribution in [1.29, 1.82) is 5.26 Å². The van der Waals surface area contributed by atoms with Crippen molar-refractivity contribution < 1.29 is 9.53 Å². The van der Waals surface area contributed by atoms with Gasteiger partial charge < -0.3 is 10.1 Å². The molecule has 0 fully saturated rings. The van der Waals surface area contributed by atoms with E-state index in [2.05, 4.69) is 66.4 Å². The molecule has 0 bridgehead atoms. The fourth-order valence-electron chi connectivity index (χ4n) is 2.77. The minimum Gasteiger partial charge on any atom is -0.487 e. The fourth-order valence-corrected chi connectivity index (χ4v) is 5.33. The van der Waals surface area contributed by atoms with Crippen LogP contribution in [-0.2, 0) is 11.4 Å². The molecular formula is C24H16BrClI2N2O2. The number of rotatable bonds is 6. The van der Waals surface area contributed by atoms with Gasteiger partial charge in [-0.1, -0.05) is 45.7 Å². The molecule has 0 spiro atoms. The van der Waals surface area contributed by atoms with Gasteiger partial charge in [-0.05, 0) is 111 Å². The van der Waals surface area contributed by atoms with E-state index in [0.29, 0.717) is 17.3 Å². The molecule has 3 aromatic rings. The monoisotopic (exact) mass is 732 g/mol. The molecule has 162 valence electrons. The SMILES string of the molecule is Cc1ccc(Cl)cc1NC(=O)/C(C#N)=C/c1cc(I)c(OCc2ccc(Br)cc2)c(I)c1. The van der Waals surface area contributed by atoms with Crippen molar-refractivity contribution in [2.45, 2.75) is 13.5 Å². The van der Waals surface area contributed by atoms with E-state index in [1.807, 2.05) is 55.5 Å². The van der Waals surface area contributed by atoms with Gasteiger partial charge >= 0.3 is 0 Å². The molecule has 3 aromatic carbocycles. The van der Waals surface area contributed by atoms with E-state index in [9.17, 15) is 10.1 Å². The van der Waals surface area contributed by atoms with Crippen molar-refractivity contribution in [1.82, 2.24) is 0 Å². The quantitative estimate of drug-likeness (QED) is 0.160. The van der Waals surface area contributed by atoms with Crippen LogP contribution in [0, 0.1) is 25.4 Å². The van der Waals surface area contributed by atoms with Crippen molar-refractivity contribution in [2.75, 3.05) is 5.32 Å². The van der Waals surface area contributed by atoms with Crippen LogP contribution in [-0.4, -0.2) is 5.91 Å².